The van der Waals surface area contributed by atoms with Gasteiger partial charge in [0, 0.05) is 12.6 Å². The van der Waals surface area contributed by atoms with Gasteiger partial charge in [-0.2, -0.15) is 0 Å². The first-order valence-corrected chi connectivity index (χ1v) is 6.94. The second-order valence-electron chi connectivity index (χ2n) is 5.53. The largest absolute Gasteiger partial charge is 0.383 e. The summed E-state index contributed by atoms with van der Waals surface area (Å²) in [6.45, 7) is 3.33. The second kappa shape index (κ2) is 4.59. The van der Waals surface area contributed by atoms with Crippen LogP contribution in [0.5, 0.6) is 0 Å². The summed E-state index contributed by atoms with van der Waals surface area (Å²) in [4.78, 5) is 0. The Morgan fingerprint density at radius 2 is 2.00 bits per heavy atom. The molecular formula is C15H22N2. The fourth-order valence-corrected chi connectivity index (χ4v) is 3.25. The van der Waals surface area contributed by atoms with E-state index in [0.29, 0.717) is 6.04 Å². The lowest BCUT2D eigenvalue weighted by Gasteiger charge is -2.24. The highest BCUT2D eigenvalue weighted by Gasteiger charge is 2.27. The van der Waals surface area contributed by atoms with Gasteiger partial charge >= 0.3 is 0 Å². The predicted octanol–water partition coefficient (Wildman–Crippen LogP) is 3.78. The van der Waals surface area contributed by atoms with E-state index < -0.39 is 0 Å². The van der Waals surface area contributed by atoms with Gasteiger partial charge in [-0.15, -0.1) is 0 Å². The average Bonchev–Trinajstić information content (AvgIpc) is 2.63. The number of fused-ring (bicyclic) bond motifs is 2. The van der Waals surface area contributed by atoms with Crippen LogP contribution < -0.4 is 10.6 Å². The monoisotopic (exact) mass is 230 g/mol. The third-order valence-electron chi connectivity index (χ3n) is 4.32. The maximum atomic E-state index is 3.81. The molecule has 1 aliphatic carbocycles. The van der Waals surface area contributed by atoms with E-state index >= 15 is 0 Å². The van der Waals surface area contributed by atoms with E-state index in [0.717, 1.165) is 12.5 Å². The van der Waals surface area contributed by atoms with E-state index in [9.17, 15) is 0 Å². The molecule has 2 atom stereocenters. The van der Waals surface area contributed by atoms with Gasteiger partial charge in [-0.05, 0) is 37.3 Å². The van der Waals surface area contributed by atoms with E-state index in [2.05, 4.69) is 35.8 Å². The lowest BCUT2D eigenvalue weighted by molar-refractivity contribution is 0.444. The third-order valence-corrected chi connectivity index (χ3v) is 4.32. The normalized spacial score (nSPS) is 27.8. The van der Waals surface area contributed by atoms with Gasteiger partial charge in [0.1, 0.15) is 0 Å². The molecule has 1 saturated carbocycles. The Morgan fingerprint density at radius 3 is 2.94 bits per heavy atom. The summed E-state index contributed by atoms with van der Waals surface area (Å²) in [5.74, 6) is 0.796. The first-order chi connectivity index (χ1) is 8.34. The van der Waals surface area contributed by atoms with Gasteiger partial charge in [0.05, 0.1) is 11.4 Å². The smallest absolute Gasteiger partial charge is 0.0607 e. The van der Waals surface area contributed by atoms with Gasteiger partial charge in [-0.3, -0.25) is 0 Å². The van der Waals surface area contributed by atoms with Crippen molar-refractivity contribution in [3.05, 3.63) is 23.8 Å². The molecule has 3 rings (SSSR count). The molecule has 0 amide bonds. The van der Waals surface area contributed by atoms with E-state index in [1.54, 1.807) is 0 Å². The topological polar surface area (TPSA) is 24.1 Å². The summed E-state index contributed by atoms with van der Waals surface area (Å²) in [6.07, 6.45) is 6.91. The maximum Gasteiger partial charge on any atom is 0.0607 e. The molecule has 17 heavy (non-hydrogen) atoms. The summed E-state index contributed by atoms with van der Waals surface area (Å²) in [5.41, 5.74) is 3.99. The molecule has 0 saturated heterocycles. The van der Waals surface area contributed by atoms with Crippen molar-refractivity contribution in [3.8, 4) is 0 Å². The Morgan fingerprint density at radius 1 is 1.12 bits per heavy atom. The van der Waals surface area contributed by atoms with Crippen molar-refractivity contribution in [2.24, 2.45) is 5.92 Å². The summed E-state index contributed by atoms with van der Waals surface area (Å²) < 4.78 is 0. The Bertz CT molecular complexity index is 400. The van der Waals surface area contributed by atoms with Crippen LogP contribution in [0.2, 0.25) is 0 Å². The molecule has 0 radical (unpaired) electrons. The van der Waals surface area contributed by atoms with Crippen molar-refractivity contribution in [2.45, 2.75) is 45.1 Å². The second-order valence-corrected chi connectivity index (χ2v) is 5.53. The van der Waals surface area contributed by atoms with Crippen LogP contribution in [0.15, 0.2) is 18.2 Å². The van der Waals surface area contributed by atoms with Crippen molar-refractivity contribution >= 4 is 11.4 Å². The first-order valence-electron chi connectivity index (χ1n) is 6.94. The van der Waals surface area contributed by atoms with Crippen molar-refractivity contribution in [1.82, 2.24) is 0 Å². The van der Waals surface area contributed by atoms with E-state index in [4.69, 9.17) is 0 Å². The van der Waals surface area contributed by atoms with E-state index in [1.165, 1.54) is 49.0 Å². The maximum absolute atomic E-state index is 3.81. The minimum Gasteiger partial charge on any atom is -0.383 e. The highest BCUT2D eigenvalue weighted by molar-refractivity contribution is 5.73. The number of hydrogen-bond donors (Lipinski definition) is 2. The SMILES string of the molecule is Cc1cccc2c1NC1CCCCCC1CN2. The van der Waals surface area contributed by atoms with Crippen LogP contribution in [-0.2, 0) is 0 Å². The molecule has 0 spiro atoms. The number of benzene rings is 1. The molecule has 0 bridgehead atoms. The minimum atomic E-state index is 0.673. The predicted molar refractivity (Wildman–Crippen MR) is 73.7 cm³/mol. The van der Waals surface area contributed by atoms with Gasteiger partial charge in [0.25, 0.3) is 0 Å². The zero-order chi connectivity index (χ0) is 11.7. The summed E-state index contributed by atoms with van der Waals surface area (Å²) in [6, 6.07) is 7.21. The van der Waals surface area contributed by atoms with Crippen LogP contribution in [-0.4, -0.2) is 12.6 Å². The number of aryl methyl sites for hydroxylation is 1. The summed E-state index contributed by atoms with van der Waals surface area (Å²) >= 11 is 0. The number of anilines is 2. The highest BCUT2D eigenvalue weighted by Crippen LogP contribution is 2.34. The molecule has 1 fully saturated rings. The van der Waals surface area contributed by atoms with Gasteiger partial charge in [-0.1, -0.05) is 31.4 Å². The molecule has 2 heteroatoms. The third kappa shape index (κ3) is 2.13. The molecule has 1 aliphatic heterocycles. The molecule has 92 valence electrons. The van der Waals surface area contributed by atoms with E-state index in [1.807, 2.05) is 0 Å². The van der Waals surface area contributed by atoms with Crippen LogP contribution in [0, 0.1) is 12.8 Å². The molecule has 1 aromatic rings. The van der Waals surface area contributed by atoms with Gasteiger partial charge in [0.2, 0.25) is 0 Å². The number of rotatable bonds is 0. The van der Waals surface area contributed by atoms with Gasteiger partial charge < -0.3 is 10.6 Å². The minimum absolute atomic E-state index is 0.673. The zero-order valence-corrected chi connectivity index (χ0v) is 10.6. The summed E-state index contributed by atoms with van der Waals surface area (Å²) in [7, 11) is 0. The number of para-hydroxylation sites is 1. The van der Waals surface area contributed by atoms with Crippen LogP contribution >= 0.6 is 0 Å². The molecule has 2 unspecified atom stereocenters. The van der Waals surface area contributed by atoms with Crippen molar-refractivity contribution in [2.75, 3.05) is 17.2 Å². The summed E-state index contributed by atoms with van der Waals surface area (Å²) in [5, 5.41) is 7.44. The average molecular weight is 230 g/mol. The Hall–Kier alpha value is -1.18. The van der Waals surface area contributed by atoms with Crippen LogP contribution in [0.3, 0.4) is 0 Å². The molecule has 2 nitrogen and oxygen atoms in total. The Kier molecular flexibility index (Phi) is 2.96. The molecule has 2 aliphatic rings. The fourth-order valence-electron chi connectivity index (χ4n) is 3.25. The van der Waals surface area contributed by atoms with Gasteiger partial charge in [-0.25, -0.2) is 0 Å². The van der Waals surface area contributed by atoms with Crippen molar-refractivity contribution in [3.63, 3.8) is 0 Å². The highest BCUT2D eigenvalue weighted by atomic mass is 15.0. The molecule has 1 heterocycles. The zero-order valence-electron chi connectivity index (χ0n) is 10.6. The van der Waals surface area contributed by atoms with Gasteiger partial charge in [0.15, 0.2) is 0 Å². The quantitative estimate of drug-likeness (QED) is 0.708. The standard InChI is InChI=1S/C15H22N2/c1-11-6-5-9-14-15(11)17-13-8-4-2-3-7-12(13)10-16-14/h5-6,9,12-13,16-17H,2-4,7-8,10H2,1H3. The van der Waals surface area contributed by atoms with Crippen LogP contribution in [0.25, 0.3) is 0 Å². The molecule has 2 N–H and O–H groups in total. The van der Waals surface area contributed by atoms with Crippen LogP contribution in [0.1, 0.15) is 37.7 Å². The van der Waals surface area contributed by atoms with Crippen LogP contribution in [0.4, 0.5) is 11.4 Å². The number of nitrogens with one attached hydrogen (secondary N) is 2. The molecular weight excluding hydrogens is 208 g/mol. The lowest BCUT2D eigenvalue weighted by Crippen LogP contribution is -2.30. The van der Waals surface area contributed by atoms with Crippen molar-refractivity contribution in [1.29, 1.82) is 0 Å². The molecule has 0 aromatic heterocycles. The Labute approximate surface area is 104 Å². The Balaban J connectivity index is 1.90. The lowest BCUT2D eigenvalue weighted by atomic mass is 9.95. The number of hydrogen-bond acceptors (Lipinski definition) is 2. The molecule has 1 aromatic carbocycles. The van der Waals surface area contributed by atoms with Crippen molar-refractivity contribution < 1.29 is 0 Å². The fraction of sp³-hybridized carbons (Fsp3) is 0.600. The van der Waals surface area contributed by atoms with E-state index in [-0.39, 0.29) is 0 Å². The first kappa shape index (κ1) is 10.9.